The summed E-state index contributed by atoms with van der Waals surface area (Å²) in [6, 6.07) is 4.61. The van der Waals surface area contributed by atoms with Gasteiger partial charge in [0.15, 0.2) is 0 Å². The number of amides is 1. The standard InChI is InChI=1S/C17H23BrFNO3/c1-16(2,3)23-15(21)20-17(6-8-22-9-7-17)11-12-4-5-13(19)10-14(12)18/h4-5,10H,6-9,11H2,1-3H3,(H,20,21). The fourth-order valence-corrected chi connectivity index (χ4v) is 3.15. The Balaban J connectivity index is 2.16. The smallest absolute Gasteiger partial charge is 0.408 e. The van der Waals surface area contributed by atoms with E-state index in [1.54, 1.807) is 6.07 Å². The van der Waals surface area contributed by atoms with Crippen LogP contribution >= 0.6 is 15.9 Å². The first kappa shape index (κ1) is 18.2. The van der Waals surface area contributed by atoms with E-state index in [0.29, 0.717) is 36.9 Å². The molecule has 1 saturated heterocycles. The monoisotopic (exact) mass is 387 g/mol. The van der Waals surface area contributed by atoms with Crippen molar-refractivity contribution in [3.05, 3.63) is 34.1 Å². The maximum Gasteiger partial charge on any atom is 0.408 e. The van der Waals surface area contributed by atoms with Crippen LogP contribution in [0, 0.1) is 5.82 Å². The van der Waals surface area contributed by atoms with Crippen molar-refractivity contribution in [2.75, 3.05) is 13.2 Å². The lowest BCUT2D eigenvalue weighted by atomic mass is 9.84. The summed E-state index contributed by atoms with van der Waals surface area (Å²) in [6.07, 6.45) is 1.54. The molecule has 1 N–H and O–H groups in total. The molecule has 1 aromatic rings. The number of ether oxygens (including phenoxy) is 2. The summed E-state index contributed by atoms with van der Waals surface area (Å²) in [5.74, 6) is -0.290. The van der Waals surface area contributed by atoms with E-state index in [-0.39, 0.29) is 5.82 Å². The Bertz CT molecular complexity index is 565. The lowest BCUT2D eigenvalue weighted by Gasteiger charge is -2.38. The number of benzene rings is 1. The van der Waals surface area contributed by atoms with Crippen LogP contribution in [0.3, 0.4) is 0 Å². The number of rotatable bonds is 3. The molecule has 1 heterocycles. The zero-order valence-corrected chi connectivity index (χ0v) is 15.3. The van der Waals surface area contributed by atoms with E-state index < -0.39 is 17.2 Å². The zero-order chi connectivity index (χ0) is 17.1. The average molecular weight is 388 g/mol. The summed E-state index contributed by atoms with van der Waals surface area (Å²) >= 11 is 3.40. The molecule has 1 aromatic carbocycles. The van der Waals surface area contributed by atoms with Gasteiger partial charge in [-0.15, -0.1) is 0 Å². The fourth-order valence-electron chi connectivity index (χ4n) is 2.66. The molecule has 1 aliphatic rings. The third-order valence-electron chi connectivity index (χ3n) is 3.76. The molecule has 0 aromatic heterocycles. The van der Waals surface area contributed by atoms with Gasteiger partial charge in [0.1, 0.15) is 11.4 Å². The quantitative estimate of drug-likeness (QED) is 0.844. The molecular weight excluding hydrogens is 365 g/mol. The van der Waals surface area contributed by atoms with Crippen molar-refractivity contribution in [1.82, 2.24) is 5.32 Å². The van der Waals surface area contributed by atoms with Crippen LogP contribution in [-0.2, 0) is 15.9 Å². The Morgan fingerprint density at radius 3 is 2.61 bits per heavy atom. The number of hydrogen-bond acceptors (Lipinski definition) is 3. The molecule has 0 spiro atoms. The number of carbonyl (C=O) groups excluding carboxylic acids is 1. The number of alkyl carbamates (subject to hydrolysis) is 1. The molecule has 0 radical (unpaired) electrons. The number of hydrogen-bond donors (Lipinski definition) is 1. The minimum Gasteiger partial charge on any atom is -0.444 e. The number of halogens is 2. The second-order valence-corrected chi connectivity index (χ2v) is 7.79. The lowest BCUT2D eigenvalue weighted by Crippen LogP contribution is -2.54. The largest absolute Gasteiger partial charge is 0.444 e. The van der Waals surface area contributed by atoms with Crippen LogP contribution in [-0.4, -0.2) is 30.4 Å². The highest BCUT2D eigenvalue weighted by Crippen LogP contribution is 2.29. The normalized spacial score (nSPS) is 17.6. The molecule has 0 bridgehead atoms. The van der Waals surface area contributed by atoms with E-state index >= 15 is 0 Å². The molecule has 0 atom stereocenters. The van der Waals surface area contributed by atoms with Crippen molar-refractivity contribution in [3.63, 3.8) is 0 Å². The SMILES string of the molecule is CC(C)(C)OC(=O)NC1(Cc2ccc(F)cc2Br)CCOCC1. The van der Waals surface area contributed by atoms with Crippen molar-refractivity contribution in [3.8, 4) is 0 Å². The highest BCUT2D eigenvalue weighted by Gasteiger charge is 2.36. The van der Waals surface area contributed by atoms with E-state index in [2.05, 4.69) is 21.2 Å². The van der Waals surface area contributed by atoms with Crippen LogP contribution in [0.15, 0.2) is 22.7 Å². The van der Waals surface area contributed by atoms with Crippen LogP contribution < -0.4 is 5.32 Å². The van der Waals surface area contributed by atoms with Crippen LogP contribution in [0.25, 0.3) is 0 Å². The van der Waals surface area contributed by atoms with Gasteiger partial charge >= 0.3 is 6.09 Å². The highest BCUT2D eigenvalue weighted by molar-refractivity contribution is 9.10. The van der Waals surface area contributed by atoms with E-state index in [0.717, 1.165) is 5.56 Å². The van der Waals surface area contributed by atoms with E-state index in [1.165, 1.54) is 12.1 Å². The molecule has 1 aliphatic heterocycles. The van der Waals surface area contributed by atoms with Crippen molar-refractivity contribution >= 4 is 22.0 Å². The van der Waals surface area contributed by atoms with E-state index in [1.807, 2.05) is 20.8 Å². The third kappa shape index (κ3) is 5.46. The van der Waals surface area contributed by atoms with Gasteiger partial charge in [-0.25, -0.2) is 9.18 Å². The molecule has 23 heavy (non-hydrogen) atoms. The first-order valence-corrected chi connectivity index (χ1v) is 8.51. The maximum atomic E-state index is 13.3. The van der Waals surface area contributed by atoms with Crippen LogP contribution in [0.4, 0.5) is 9.18 Å². The fraction of sp³-hybridized carbons (Fsp3) is 0.588. The Hall–Kier alpha value is -1.14. The predicted octanol–water partition coefficient (Wildman–Crippen LogP) is 4.20. The van der Waals surface area contributed by atoms with Crippen molar-refractivity contribution in [2.45, 2.75) is 51.2 Å². The van der Waals surface area contributed by atoms with Gasteiger partial charge < -0.3 is 14.8 Å². The van der Waals surface area contributed by atoms with Gasteiger partial charge in [0, 0.05) is 17.7 Å². The molecule has 128 valence electrons. The second-order valence-electron chi connectivity index (χ2n) is 6.93. The first-order chi connectivity index (χ1) is 10.7. The van der Waals surface area contributed by atoms with Gasteiger partial charge in [0.25, 0.3) is 0 Å². The highest BCUT2D eigenvalue weighted by atomic mass is 79.9. The molecule has 0 unspecified atom stereocenters. The minimum absolute atomic E-state index is 0.290. The van der Waals surface area contributed by atoms with Gasteiger partial charge in [-0.1, -0.05) is 22.0 Å². The molecule has 0 saturated carbocycles. The van der Waals surface area contributed by atoms with Gasteiger partial charge in [-0.2, -0.15) is 0 Å². The van der Waals surface area contributed by atoms with Crippen molar-refractivity contribution in [2.24, 2.45) is 0 Å². The summed E-state index contributed by atoms with van der Waals surface area (Å²) < 4.78 is 24.8. The number of carbonyl (C=O) groups is 1. The van der Waals surface area contributed by atoms with E-state index in [4.69, 9.17) is 9.47 Å². The second kappa shape index (κ2) is 7.18. The maximum absolute atomic E-state index is 13.3. The summed E-state index contributed by atoms with van der Waals surface area (Å²) in [7, 11) is 0. The van der Waals surface area contributed by atoms with Gasteiger partial charge in [-0.3, -0.25) is 0 Å². The molecule has 1 fully saturated rings. The minimum atomic E-state index is -0.549. The molecule has 2 rings (SSSR count). The summed E-state index contributed by atoms with van der Waals surface area (Å²) in [5.41, 5.74) is -0.0438. The van der Waals surface area contributed by atoms with Crippen LogP contribution in [0.2, 0.25) is 0 Å². The van der Waals surface area contributed by atoms with Crippen molar-refractivity contribution in [1.29, 1.82) is 0 Å². The van der Waals surface area contributed by atoms with Crippen LogP contribution in [0.1, 0.15) is 39.2 Å². The molecule has 6 heteroatoms. The van der Waals surface area contributed by atoms with Crippen molar-refractivity contribution < 1.29 is 18.7 Å². The molecular formula is C17H23BrFNO3. The van der Waals surface area contributed by atoms with Crippen LogP contribution in [0.5, 0.6) is 0 Å². The molecule has 1 amide bonds. The van der Waals surface area contributed by atoms with Gasteiger partial charge in [0.05, 0.1) is 5.54 Å². The topological polar surface area (TPSA) is 47.6 Å². The Morgan fingerprint density at radius 1 is 1.39 bits per heavy atom. The first-order valence-electron chi connectivity index (χ1n) is 7.72. The predicted molar refractivity (Wildman–Crippen MR) is 90.0 cm³/mol. The third-order valence-corrected chi connectivity index (χ3v) is 4.50. The Labute approximate surface area is 144 Å². The van der Waals surface area contributed by atoms with Gasteiger partial charge in [0.2, 0.25) is 0 Å². The zero-order valence-electron chi connectivity index (χ0n) is 13.7. The number of nitrogens with one attached hydrogen (secondary N) is 1. The molecule has 4 nitrogen and oxygen atoms in total. The Kier molecular flexibility index (Phi) is 5.68. The average Bonchev–Trinajstić information content (AvgIpc) is 2.41. The summed E-state index contributed by atoms with van der Waals surface area (Å²) in [6.45, 7) is 6.66. The summed E-state index contributed by atoms with van der Waals surface area (Å²) in [4.78, 5) is 12.2. The van der Waals surface area contributed by atoms with Gasteiger partial charge in [-0.05, 0) is 57.7 Å². The van der Waals surface area contributed by atoms with E-state index in [9.17, 15) is 9.18 Å². The summed E-state index contributed by atoms with van der Waals surface area (Å²) in [5, 5.41) is 3.02. The lowest BCUT2D eigenvalue weighted by molar-refractivity contribution is 0.0170. The molecule has 0 aliphatic carbocycles. The Morgan fingerprint density at radius 2 is 2.04 bits per heavy atom.